The molecule has 0 aliphatic carbocycles. The van der Waals surface area contributed by atoms with Gasteiger partial charge in [-0.05, 0) is 37.6 Å². The fourth-order valence-electron chi connectivity index (χ4n) is 2.79. The van der Waals surface area contributed by atoms with Crippen molar-refractivity contribution in [1.29, 1.82) is 0 Å². The molecule has 0 atom stereocenters. The Kier molecular flexibility index (Phi) is 2.81. The molecule has 0 saturated carbocycles. The van der Waals surface area contributed by atoms with Crippen molar-refractivity contribution in [2.45, 2.75) is 13.8 Å². The van der Waals surface area contributed by atoms with Gasteiger partial charge in [-0.1, -0.05) is 47.2 Å². The summed E-state index contributed by atoms with van der Waals surface area (Å²) >= 11 is 7.71. The average Bonchev–Trinajstić information content (AvgIpc) is 2.98. The highest BCUT2D eigenvalue weighted by Gasteiger charge is 2.15. The summed E-state index contributed by atoms with van der Waals surface area (Å²) in [7, 11) is 0. The SMILES string of the molecule is Cc1cccc2sc3nc(-c4ccc(Cl)cc4)c(C)n3c12. The van der Waals surface area contributed by atoms with E-state index in [2.05, 4.69) is 36.4 Å². The lowest BCUT2D eigenvalue weighted by molar-refractivity contribution is 1.18. The maximum absolute atomic E-state index is 5.97. The number of rotatable bonds is 1. The Balaban J connectivity index is 2.05. The fraction of sp³-hybridized carbons (Fsp3) is 0.118. The molecule has 0 saturated heterocycles. The van der Waals surface area contributed by atoms with Gasteiger partial charge in [0.25, 0.3) is 0 Å². The molecule has 4 rings (SSSR count). The van der Waals surface area contributed by atoms with Crippen molar-refractivity contribution >= 4 is 38.1 Å². The van der Waals surface area contributed by atoms with Crippen molar-refractivity contribution in [3.63, 3.8) is 0 Å². The van der Waals surface area contributed by atoms with Crippen LogP contribution in [0.3, 0.4) is 0 Å². The summed E-state index contributed by atoms with van der Waals surface area (Å²) in [4.78, 5) is 5.87. The first-order valence-electron chi connectivity index (χ1n) is 6.78. The van der Waals surface area contributed by atoms with Gasteiger partial charge in [0, 0.05) is 16.3 Å². The molecule has 21 heavy (non-hydrogen) atoms. The molecule has 0 unspecified atom stereocenters. The summed E-state index contributed by atoms with van der Waals surface area (Å²) in [5.74, 6) is 0. The van der Waals surface area contributed by atoms with E-state index in [-0.39, 0.29) is 0 Å². The fourth-order valence-corrected chi connectivity index (χ4v) is 4.06. The van der Waals surface area contributed by atoms with Gasteiger partial charge in [0.1, 0.15) is 0 Å². The lowest BCUT2D eigenvalue weighted by Gasteiger charge is -2.02. The molecule has 4 aromatic rings. The van der Waals surface area contributed by atoms with E-state index in [0.29, 0.717) is 0 Å². The van der Waals surface area contributed by atoms with Gasteiger partial charge in [-0.15, -0.1) is 0 Å². The van der Waals surface area contributed by atoms with Crippen LogP contribution in [0.4, 0.5) is 0 Å². The van der Waals surface area contributed by atoms with Crippen molar-refractivity contribution in [3.05, 3.63) is 58.7 Å². The van der Waals surface area contributed by atoms with E-state index in [0.717, 1.165) is 21.2 Å². The van der Waals surface area contributed by atoms with E-state index in [1.165, 1.54) is 21.5 Å². The zero-order valence-corrected chi connectivity index (χ0v) is 13.3. The van der Waals surface area contributed by atoms with Crippen molar-refractivity contribution in [2.24, 2.45) is 0 Å². The Bertz CT molecular complexity index is 964. The molecule has 0 spiro atoms. The van der Waals surface area contributed by atoms with Crippen LogP contribution in [0.1, 0.15) is 11.3 Å². The molecule has 2 aromatic carbocycles. The number of hydrogen-bond acceptors (Lipinski definition) is 2. The first kappa shape index (κ1) is 12.9. The molecule has 4 heteroatoms. The number of nitrogens with zero attached hydrogens (tertiary/aromatic N) is 2. The zero-order valence-electron chi connectivity index (χ0n) is 11.7. The first-order chi connectivity index (χ1) is 10.1. The van der Waals surface area contributed by atoms with Gasteiger partial charge in [0.15, 0.2) is 4.96 Å². The summed E-state index contributed by atoms with van der Waals surface area (Å²) in [6, 6.07) is 14.3. The number of thiazole rings is 1. The van der Waals surface area contributed by atoms with Gasteiger partial charge < -0.3 is 0 Å². The van der Waals surface area contributed by atoms with Crippen LogP contribution >= 0.6 is 22.9 Å². The van der Waals surface area contributed by atoms with Crippen LogP contribution in [0.15, 0.2) is 42.5 Å². The van der Waals surface area contributed by atoms with Gasteiger partial charge in [-0.25, -0.2) is 4.98 Å². The Hall–Kier alpha value is -1.84. The number of para-hydroxylation sites is 1. The van der Waals surface area contributed by atoms with Gasteiger partial charge in [0.2, 0.25) is 0 Å². The molecule has 104 valence electrons. The van der Waals surface area contributed by atoms with Crippen LogP contribution in [0.25, 0.3) is 26.4 Å². The van der Waals surface area contributed by atoms with Crippen LogP contribution in [0.2, 0.25) is 5.02 Å². The number of halogens is 1. The summed E-state index contributed by atoms with van der Waals surface area (Å²) in [5.41, 5.74) is 5.86. The lowest BCUT2D eigenvalue weighted by atomic mass is 10.1. The largest absolute Gasteiger partial charge is 0.287 e. The average molecular weight is 313 g/mol. The second-order valence-corrected chi connectivity index (χ2v) is 6.64. The highest BCUT2D eigenvalue weighted by molar-refractivity contribution is 7.23. The van der Waals surface area contributed by atoms with Gasteiger partial charge >= 0.3 is 0 Å². The Morgan fingerprint density at radius 3 is 2.57 bits per heavy atom. The number of hydrogen-bond donors (Lipinski definition) is 0. The summed E-state index contributed by atoms with van der Waals surface area (Å²) in [6.45, 7) is 4.28. The van der Waals surface area contributed by atoms with Gasteiger partial charge in [-0.2, -0.15) is 0 Å². The Morgan fingerprint density at radius 1 is 1.05 bits per heavy atom. The molecule has 0 fully saturated rings. The van der Waals surface area contributed by atoms with E-state index >= 15 is 0 Å². The maximum atomic E-state index is 5.97. The smallest absolute Gasteiger partial charge is 0.195 e. The molecule has 2 nitrogen and oxygen atoms in total. The van der Waals surface area contributed by atoms with Gasteiger partial charge in [0.05, 0.1) is 15.9 Å². The molecule has 2 heterocycles. The second kappa shape index (κ2) is 4.58. The lowest BCUT2D eigenvalue weighted by Crippen LogP contribution is -1.88. The van der Waals surface area contributed by atoms with Crippen LogP contribution in [-0.2, 0) is 0 Å². The van der Waals surface area contributed by atoms with Gasteiger partial charge in [-0.3, -0.25) is 4.40 Å². The predicted octanol–water partition coefficient (Wildman–Crippen LogP) is 5.49. The highest BCUT2D eigenvalue weighted by Crippen LogP contribution is 2.34. The number of fused-ring (bicyclic) bond motifs is 3. The van der Waals surface area contributed by atoms with Crippen molar-refractivity contribution < 1.29 is 0 Å². The third-order valence-corrected chi connectivity index (χ3v) is 5.08. The van der Waals surface area contributed by atoms with E-state index in [4.69, 9.17) is 16.6 Å². The van der Waals surface area contributed by atoms with Crippen LogP contribution in [0, 0.1) is 13.8 Å². The van der Waals surface area contributed by atoms with Crippen LogP contribution in [-0.4, -0.2) is 9.38 Å². The minimum absolute atomic E-state index is 0.749. The molecule has 0 N–H and O–H groups in total. The van der Waals surface area contributed by atoms with Crippen molar-refractivity contribution in [2.75, 3.05) is 0 Å². The van der Waals surface area contributed by atoms with E-state index in [1.807, 2.05) is 24.3 Å². The Labute approximate surface area is 131 Å². The van der Waals surface area contributed by atoms with Crippen LogP contribution < -0.4 is 0 Å². The van der Waals surface area contributed by atoms with Crippen molar-refractivity contribution in [1.82, 2.24) is 9.38 Å². The van der Waals surface area contributed by atoms with Crippen molar-refractivity contribution in [3.8, 4) is 11.3 Å². The molecular formula is C17H13ClN2S. The summed E-state index contributed by atoms with van der Waals surface area (Å²) in [6.07, 6.45) is 0. The highest BCUT2D eigenvalue weighted by atomic mass is 35.5. The molecule has 0 aliphatic rings. The molecule has 0 bridgehead atoms. The summed E-state index contributed by atoms with van der Waals surface area (Å²) < 4.78 is 3.54. The minimum Gasteiger partial charge on any atom is -0.287 e. The third kappa shape index (κ3) is 1.88. The first-order valence-corrected chi connectivity index (χ1v) is 7.98. The minimum atomic E-state index is 0.749. The quantitative estimate of drug-likeness (QED) is 0.454. The normalized spacial score (nSPS) is 11.6. The Morgan fingerprint density at radius 2 is 1.81 bits per heavy atom. The molecule has 0 amide bonds. The second-order valence-electron chi connectivity index (χ2n) is 5.19. The standard InChI is InChI=1S/C17H13ClN2S/c1-10-4-3-5-14-16(10)20-11(2)15(19-17(20)21-14)12-6-8-13(18)9-7-12/h3-9H,1-2H3. The number of aromatic nitrogens is 2. The van der Waals surface area contributed by atoms with Crippen LogP contribution in [0.5, 0.6) is 0 Å². The van der Waals surface area contributed by atoms with E-state index < -0.39 is 0 Å². The molecule has 2 aromatic heterocycles. The number of imidazole rings is 1. The summed E-state index contributed by atoms with van der Waals surface area (Å²) in [5, 5.41) is 0.749. The number of aryl methyl sites for hydroxylation is 2. The van der Waals surface area contributed by atoms with E-state index in [1.54, 1.807) is 11.3 Å². The molecule has 0 aliphatic heterocycles. The monoisotopic (exact) mass is 312 g/mol. The maximum Gasteiger partial charge on any atom is 0.195 e. The molecular weight excluding hydrogens is 300 g/mol. The van der Waals surface area contributed by atoms with E-state index in [9.17, 15) is 0 Å². The number of benzene rings is 2. The third-order valence-electron chi connectivity index (χ3n) is 3.82. The predicted molar refractivity (Wildman–Crippen MR) is 90.5 cm³/mol. The molecule has 0 radical (unpaired) electrons. The topological polar surface area (TPSA) is 17.3 Å². The zero-order chi connectivity index (χ0) is 14.6.